The van der Waals surface area contributed by atoms with Crippen molar-refractivity contribution in [3.63, 3.8) is 0 Å². The number of hydrogen-bond acceptors (Lipinski definition) is 2. The van der Waals surface area contributed by atoms with Gasteiger partial charge >= 0.3 is 0 Å². The molecule has 0 heterocycles. The fourth-order valence-electron chi connectivity index (χ4n) is 2.52. The minimum absolute atomic E-state index is 0.0804. The van der Waals surface area contributed by atoms with E-state index in [0.29, 0.717) is 17.6 Å². The van der Waals surface area contributed by atoms with Crippen molar-refractivity contribution in [2.75, 3.05) is 0 Å². The van der Waals surface area contributed by atoms with Gasteiger partial charge in [0, 0.05) is 17.9 Å². The second-order valence-corrected chi connectivity index (χ2v) is 5.93. The predicted octanol–water partition coefficient (Wildman–Crippen LogP) is 5.38. The molecule has 0 N–H and O–H groups in total. The molecule has 0 saturated heterocycles. The van der Waals surface area contributed by atoms with Gasteiger partial charge in [-0.2, -0.15) is 10.5 Å². The highest BCUT2D eigenvalue weighted by molar-refractivity contribution is 5.46. The quantitative estimate of drug-likeness (QED) is 0.635. The van der Waals surface area contributed by atoms with Gasteiger partial charge in [-0.15, -0.1) is 0 Å². The first-order chi connectivity index (χ1) is 9.99. The average molecular weight is 280 g/mol. The van der Waals surface area contributed by atoms with Gasteiger partial charge in [0.25, 0.3) is 0 Å². The van der Waals surface area contributed by atoms with E-state index in [-0.39, 0.29) is 5.92 Å². The minimum atomic E-state index is 0.0804. The Kier molecular flexibility index (Phi) is 6.70. The standard InChI is InChI=1S/C19H24N2/c1-14(2)6-5-7-15(3)8-11-18-16(4)9-10-17(12-20)19(18)13-21/h6,8-9,18H,5,7,10-11H2,1-4H3. The molecule has 2 nitrogen and oxygen atoms in total. The molecular formula is C19H24N2. The molecular weight excluding hydrogens is 256 g/mol. The van der Waals surface area contributed by atoms with Crippen LogP contribution in [-0.2, 0) is 0 Å². The predicted molar refractivity (Wildman–Crippen MR) is 87.2 cm³/mol. The molecule has 0 saturated carbocycles. The number of allylic oxidation sites excluding steroid dienone is 8. The summed E-state index contributed by atoms with van der Waals surface area (Å²) >= 11 is 0. The van der Waals surface area contributed by atoms with E-state index < -0.39 is 0 Å². The Labute approximate surface area is 128 Å². The van der Waals surface area contributed by atoms with E-state index >= 15 is 0 Å². The number of nitriles is 2. The van der Waals surface area contributed by atoms with Gasteiger partial charge in [0.15, 0.2) is 0 Å². The average Bonchev–Trinajstić information content (AvgIpc) is 2.45. The van der Waals surface area contributed by atoms with E-state index in [2.05, 4.69) is 58.1 Å². The molecule has 0 amide bonds. The third kappa shape index (κ3) is 5.09. The lowest BCUT2D eigenvalue weighted by molar-refractivity contribution is 0.713. The van der Waals surface area contributed by atoms with E-state index in [4.69, 9.17) is 5.26 Å². The summed E-state index contributed by atoms with van der Waals surface area (Å²) in [4.78, 5) is 0. The molecule has 21 heavy (non-hydrogen) atoms. The fraction of sp³-hybridized carbons (Fsp3) is 0.474. The van der Waals surface area contributed by atoms with E-state index in [1.54, 1.807) is 0 Å². The summed E-state index contributed by atoms with van der Waals surface area (Å²) < 4.78 is 0. The molecule has 0 aromatic heterocycles. The van der Waals surface area contributed by atoms with E-state index in [9.17, 15) is 5.26 Å². The summed E-state index contributed by atoms with van der Waals surface area (Å²) in [5.41, 5.74) is 5.19. The minimum Gasteiger partial charge on any atom is -0.193 e. The zero-order valence-electron chi connectivity index (χ0n) is 13.5. The van der Waals surface area contributed by atoms with Crippen LogP contribution in [0.5, 0.6) is 0 Å². The van der Waals surface area contributed by atoms with Gasteiger partial charge < -0.3 is 0 Å². The lowest BCUT2D eigenvalue weighted by Gasteiger charge is -2.21. The molecule has 0 aromatic carbocycles. The molecule has 1 unspecified atom stereocenters. The van der Waals surface area contributed by atoms with Crippen molar-refractivity contribution in [3.05, 3.63) is 46.1 Å². The molecule has 2 heteroatoms. The molecule has 1 aliphatic carbocycles. The second-order valence-electron chi connectivity index (χ2n) is 5.93. The van der Waals surface area contributed by atoms with E-state index in [1.165, 1.54) is 16.7 Å². The van der Waals surface area contributed by atoms with Crippen LogP contribution in [0.3, 0.4) is 0 Å². The van der Waals surface area contributed by atoms with Crippen LogP contribution in [-0.4, -0.2) is 0 Å². The summed E-state index contributed by atoms with van der Waals surface area (Å²) in [7, 11) is 0. The van der Waals surface area contributed by atoms with Crippen molar-refractivity contribution in [2.45, 2.75) is 53.4 Å². The van der Waals surface area contributed by atoms with Crippen LogP contribution in [0.25, 0.3) is 0 Å². The van der Waals surface area contributed by atoms with Gasteiger partial charge in [-0.1, -0.05) is 34.9 Å². The maximum atomic E-state index is 9.33. The van der Waals surface area contributed by atoms with Crippen molar-refractivity contribution >= 4 is 0 Å². The molecule has 0 spiro atoms. The second kappa shape index (κ2) is 8.28. The Morgan fingerprint density at radius 1 is 1.24 bits per heavy atom. The zero-order valence-corrected chi connectivity index (χ0v) is 13.5. The Morgan fingerprint density at radius 2 is 1.95 bits per heavy atom. The van der Waals surface area contributed by atoms with Gasteiger partial charge in [-0.25, -0.2) is 0 Å². The van der Waals surface area contributed by atoms with Gasteiger partial charge in [0.1, 0.15) is 0 Å². The van der Waals surface area contributed by atoms with Crippen LogP contribution < -0.4 is 0 Å². The van der Waals surface area contributed by atoms with Crippen molar-refractivity contribution in [3.8, 4) is 12.1 Å². The van der Waals surface area contributed by atoms with Crippen molar-refractivity contribution in [1.82, 2.24) is 0 Å². The maximum Gasteiger partial charge on any atom is 0.0964 e. The Morgan fingerprint density at radius 3 is 2.52 bits per heavy atom. The Balaban J connectivity index is 2.76. The molecule has 0 aromatic rings. The smallest absolute Gasteiger partial charge is 0.0964 e. The topological polar surface area (TPSA) is 47.6 Å². The number of rotatable bonds is 5. The molecule has 110 valence electrons. The maximum absolute atomic E-state index is 9.33. The molecule has 1 atom stereocenters. The highest BCUT2D eigenvalue weighted by Crippen LogP contribution is 2.33. The van der Waals surface area contributed by atoms with Gasteiger partial charge in [0.2, 0.25) is 0 Å². The molecule has 0 radical (unpaired) electrons. The normalized spacial score (nSPS) is 18.7. The van der Waals surface area contributed by atoms with Crippen LogP contribution in [0.1, 0.15) is 53.4 Å². The number of nitrogens with zero attached hydrogens (tertiary/aromatic N) is 2. The van der Waals surface area contributed by atoms with Gasteiger partial charge in [0.05, 0.1) is 17.7 Å². The number of hydrogen-bond donors (Lipinski definition) is 0. The Bertz CT molecular complexity index is 582. The highest BCUT2D eigenvalue weighted by atomic mass is 14.3. The summed E-state index contributed by atoms with van der Waals surface area (Å²) in [6.07, 6.45) is 10.1. The monoisotopic (exact) mass is 280 g/mol. The highest BCUT2D eigenvalue weighted by Gasteiger charge is 2.22. The van der Waals surface area contributed by atoms with Crippen molar-refractivity contribution in [1.29, 1.82) is 10.5 Å². The van der Waals surface area contributed by atoms with Crippen molar-refractivity contribution < 1.29 is 0 Å². The Hall–Kier alpha value is -2.06. The SMILES string of the molecule is CC(C)=CCCC(C)=CCC1C(C)=CCC(C#N)=C1C#N. The van der Waals surface area contributed by atoms with Gasteiger partial charge in [-0.3, -0.25) is 0 Å². The van der Waals surface area contributed by atoms with Gasteiger partial charge in [-0.05, 0) is 47.0 Å². The summed E-state index contributed by atoms with van der Waals surface area (Å²) in [6.45, 7) is 8.43. The largest absolute Gasteiger partial charge is 0.193 e. The third-order valence-corrected chi connectivity index (χ3v) is 3.90. The molecule has 0 aliphatic heterocycles. The molecule has 1 aliphatic rings. The summed E-state index contributed by atoms with van der Waals surface area (Å²) in [5.74, 6) is 0.0804. The first-order valence-electron chi connectivity index (χ1n) is 7.48. The van der Waals surface area contributed by atoms with Crippen LogP contribution in [0.2, 0.25) is 0 Å². The fourth-order valence-corrected chi connectivity index (χ4v) is 2.52. The first-order valence-corrected chi connectivity index (χ1v) is 7.48. The van der Waals surface area contributed by atoms with Crippen LogP contribution in [0.15, 0.2) is 46.1 Å². The lowest BCUT2D eigenvalue weighted by Crippen LogP contribution is -2.10. The van der Waals surface area contributed by atoms with E-state index in [1.807, 2.05) is 0 Å². The van der Waals surface area contributed by atoms with Crippen LogP contribution in [0, 0.1) is 28.6 Å². The summed E-state index contributed by atoms with van der Waals surface area (Å²) in [6, 6.07) is 4.42. The van der Waals surface area contributed by atoms with Crippen LogP contribution >= 0.6 is 0 Å². The first kappa shape index (κ1) is 17.0. The molecule has 0 fully saturated rings. The zero-order chi connectivity index (χ0) is 15.8. The molecule has 0 bridgehead atoms. The van der Waals surface area contributed by atoms with Crippen LogP contribution in [0.4, 0.5) is 0 Å². The summed E-state index contributed by atoms with van der Waals surface area (Å²) in [5, 5.41) is 18.5. The van der Waals surface area contributed by atoms with E-state index in [0.717, 1.165) is 19.3 Å². The lowest BCUT2D eigenvalue weighted by atomic mass is 9.81. The van der Waals surface area contributed by atoms with Crippen molar-refractivity contribution in [2.24, 2.45) is 5.92 Å². The third-order valence-electron chi connectivity index (χ3n) is 3.90. The molecule has 1 rings (SSSR count).